The molecule has 122 valence electrons. The van der Waals surface area contributed by atoms with Crippen molar-refractivity contribution in [1.29, 1.82) is 0 Å². The Morgan fingerprint density at radius 3 is 2.79 bits per heavy atom. The first-order chi connectivity index (χ1) is 11.5. The van der Waals surface area contributed by atoms with Gasteiger partial charge in [-0.25, -0.2) is 14.8 Å². The number of aryl methyl sites for hydroxylation is 2. The normalized spacial score (nSPS) is 10.4. The second-order valence-corrected chi connectivity index (χ2v) is 5.96. The molecule has 0 saturated carbocycles. The summed E-state index contributed by atoms with van der Waals surface area (Å²) in [6, 6.07) is 6.09. The maximum absolute atomic E-state index is 5.38. The number of anilines is 1. The highest BCUT2D eigenvalue weighted by molar-refractivity contribution is 7.80. The maximum atomic E-state index is 5.38. The van der Waals surface area contributed by atoms with Gasteiger partial charge in [0, 0.05) is 18.1 Å². The number of nitrogens with zero attached hydrogens (tertiary/aromatic N) is 4. The molecule has 0 atom stereocenters. The summed E-state index contributed by atoms with van der Waals surface area (Å²) in [6.45, 7) is 4.07. The molecule has 3 aromatic rings. The highest BCUT2D eigenvalue weighted by atomic mass is 32.1. The van der Waals surface area contributed by atoms with Crippen molar-refractivity contribution >= 4 is 35.2 Å². The number of aromatic nitrogens is 5. The molecule has 0 saturated heterocycles. The molecule has 0 fully saturated rings. The highest BCUT2D eigenvalue weighted by Crippen LogP contribution is 2.16. The fourth-order valence-corrected chi connectivity index (χ4v) is 2.57. The van der Waals surface area contributed by atoms with Gasteiger partial charge in [0.25, 0.3) is 0 Å². The Morgan fingerprint density at radius 1 is 1.25 bits per heavy atom. The van der Waals surface area contributed by atoms with Gasteiger partial charge in [-0.2, -0.15) is 5.10 Å². The number of thiocarbonyl (C=S) groups is 1. The van der Waals surface area contributed by atoms with E-state index in [4.69, 9.17) is 24.4 Å². The zero-order valence-electron chi connectivity index (χ0n) is 13.1. The minimum absolute atomic E-state index is 0.375. The van der Waals surface area contributed by atoms with Crippen LogP contribution in [-0.2, 0) is 0 Å². The first-order valence-corrected chi connectivity index (χ1v) is 7.95. The van der Waals surface area contributed by atoms with Crippen LogP contribution in [0, 0.1) is 18.6 Å². The molecule has 3 N–H and O–H groups in total. The van der Waals surface area contributed by atoms with E-state index in [1.807, 2.05) is 26.0 Å². The molecule has 24 heavy (non-hydrogen) atoms. The van der Waals surface area contributed by atoms with Crippen LogP contribution in [0.5, 0.6) is 0 Å². The average Bonchev–Trinajstić information content (AvgIpc) is 2.92. The largest absolute Gasteiger partial charge is 0.331 e. The molecule has 2 heterocycles. The van der Waals surface area contributed by atoms with Gasteiger partial charge >= 0.3 is 0 Å². The molecule has 0 aliphatic rings. The van der Waals surface area contributed by atoms with Crippen molar-refractivity contribution in [2.45, 2.75) is 13.8 Å². The first kappa shape index (κ1) is 16.2. The zero-order chi connectivity index (χ0) is 17.1. The summed E-state index contributed by atoms with van der Waals surface area (Å²) in [5.41, 5.74) is 6.81. The van der Waals surface area contributed by atoms with Gasteiger partial charge in [-0.15, -0.1) is 0 Å². The van der Waals surface area contributed by atoms with Crippen molar-refractivity contribution < 1.29 is 0 Å². The van der Waals surface area contributed by atoms with Crippen LogP contribution >= 0.6 is 24.4 Å². The second kappa shape index (κ2) is 6.85. The van der Waals surface area contributed by atoms with Gasteiger partial charge in [-0.3, -0.25) is 10.4 Å². The van der Waals surface area contributed by atoms with E-state index in [2.05, 4.69) is 37.0 Å². The van der Waals surface area contributed by atoms with Crippen LogP contribution in [0.15, 0.2) is 36.8 Å². The lowest BCUT2D eigenvalue weighted by atomic mass is 10.1. The zero-order valence-corrected chi connectivity index (χ0v) is 14.7. The number of hydrogen-bond donors (Lipinski definition) is 3. The van der Waals surface area contributed by atoms with E-state index >= 15 is 0 Å². The topological polar surface area (TPSA) is 83.4 Å². The van der Waals surface area contributed by atoms with Crippen molar-refractivity contribution in [1.82, 2.24) is 24.8 Å². The van der Waals surface area contributed by atoms with Crippen LogP contribution in [0.2, 0.25) is 0 Å². The Bertz CT molecular complexity index is 930. The van der Waals surface area contributed by atoms with Crippen LogP contribution in [0.1, 0.15) is 11.1 Å². The van der Waals surface area contributed by atoms with Crippen molar-refractivity contribution in [3.05, 3.63) is 52.7 Å². The van der Waals surface area contributed by atoms with Crippen LogP contribution in [0.3, 0.4) is 0 Å². The van der Waals surface area contributed by atoms with Crippen LogP contribution in [0.25, 0.3) is 11.5 Å². The van der Waals surface area contributed by atoms with Gasteiger partial charge in [0.05, 0.1) is 6.20 Å². The number of benzene rings is 1. The second-order valence-electron chi connectivity index (χ2n) is 5.16. The third-order valence-corrected chi connectivity index (χ3v) is 3.78. The molecular weight excluding hydrogens is 342 g/mol. The predicted molar refractivity (Wildman–Crippen MR) is 99.9 cm³/mol. The Balaban J connectivity index is 1.83. The quantitative estimate of drug-likeness (QED) is 0.622. The molecule has 0 aliphatic heterocycles. The Hall–Kier alpha value is -2.65. The van der Waals surface area contributed by atoms with Gasteiger partial charge in [-0.05, 0) is 49.9 Å². The summed E-state index contributed by atoms with van der Waals surface area (Å²) in [4.78, 5) is 8.26. The third kappa shape index (κ3) is 3.47. The lowest BCUT2D eigenvalue weighted by Crippen LogP contribution is -2.28. The number of rotatable bonds is 3. The molecule has 0 bridgehead atoms. The molecule has 0 radical (unpaired) electrons. The Labute approximate surface area is 149 Å². The molecule has 7 nitrogen and oxygen atoms in total. The van der Waals surface area contributed by atoms with Crippen molar-refractivity contribution in [3.63, 3.8) is 0 Å². The number of H-pyrrole nitrogens is 1. The molecule has 2 aromatic heterocycles. The number of aromatic amines is 1. The minimum atomic E-state index is 0.375. The van der Waals surface area contributed by atoms with Crippen molar-refractivity contribution in [2.75, 3.05) is 10.7 Å². The summed E-state index contributed by atoms with van der Waals surface area (Å²) < 4.78 is 1.93. The molecule has 0 unspecified atom stereocenters. The summed E-state index contributed by atoms with van der Waals surface area (Å²) in [7, 11) is 0. The van der Waals surface area contributed by atoms with Gasteiger partial charge in [0.2, 0.25) is 10.6 Å². The Kier molecular flexibility index (Phi) is 4.63. The van der Waals surface area contributed by atoms with Crippen LogP contribution < -0.4 is 10.7 Å². The smallest absolute Gasteiger partial charge is 0.215 e. The SMILES string of the molecule is Cc1ccc(NC(=S)Nn2c(-c3cnccn3)n[nH]c2=S)c(C)c1. The Morgan fingerprint density at radius 2 is 2.08 bits per heavy atom. The van der Waals surface area contributed by atoms with Gasteiger partial charge < -0.3 is 5.32 Å². The fraction of sp³-hybridized carbons (Fsp3) is 0.133. The lowest BCUT2D eigenvalue weighted by molar-refractivity contribution is 0.953. The molecule has 0 aliphatic carbocycles. The van der Waals surface area contributed by atoms with E-state index in [1.165, 1.54) is 5.56 Å². The van der Waals surface area contributed by atoms with Crippen molar-refractivity contribution in [3.8, 4) is 11.5 Å². The standard InChI is InChI=1S/C15H15N7S2/c1-9-3-4-11(10(2)7-9)18-14(23)21-22-13(19-20-15(22)24)12-8-16-5-6-17-12/h3-8H,1-2H3,(H,20,24)(H2,18,21,23). The molecule has 3 rings (SSSR count). The summed E-state index contributed by atoms with van der Waals surface area (Å²) in [5, 5.41) is 10.4. The van der Waals surface area contributed by atoms with Crippen molar-refractivity contribution in [2.24, 2.45) is 0 Å². The van der Waals surface area contributed by atoms with E-state index in [-0.39, 0.29) is 0 Å². The van der Waals surface area contributed by atoms with E-state index < -0.39 is 0 Å². The van der Waals surface area contributed by atoms with E-state index in [0.29, 0.717) is 21.4 Å². The lowest BCUT2D eigenvalue weighted by Gasteiger charge is -2.14. The van der Waals surface area contributed by atoms with Gasteiger partial charge in [-0.1, -0.05) is 17.7 Å². The van der Waals surface area contributed by atoms with Gasteiger partial charge in [0.1, 0.15) is 5.69 Å². The molecule has 0 amide bonds. The summed E-state index contributed by atoms with van der Waals surface area (Å²) in [6.07, 6.45) is 4.78. The molecule has 1 aromatic carbocycles. The van der Waals surface area contributed by atoms with E-state index in [1.54, 1.807) is 23.3 Å². The van der Waals surface area contributed by atoms with E-state index in [9.17, 15) is 0 Å². The minimum Gasteiger partial charge on any atom is -0.331 e. The predicted octanol–water partition coefficient (Wildman–Crippen LogP) is 2.96. The van der Waals surface area contributed by atoms with E-state index in [0.717, 1.165) is 11.3 Å². The third-order valence-electron chi connectivity index (χ3n) is 3.31. The first-order valence-electron chi connectivity index (χ1n) is 7.13. The molecular formula is C15H15N7S2. The fourth-order valence-electron chi connectivity index (χ4n) is 2.19. The monoisotopic (exact) mass is 357 g/mol. The highest BCUT2D eigenvalue weighted by Gasteiger charge is 2.11. The molecule has 9 heteroatoms. The number of hydrogen-bond acceptors (Lipinski definition) is 5. The van der Waals surface area contributed by atoms with Crippen LogP contribution in [0.4, 0.5) is 5.69 Å². The molecule has 0 spiro atoms. The summed E-state index contributed by atoms with van der Waals surface area (Å²) in [5.74, 6) is 0.498. The maximum Gasteiger partial charge on any atom is 0.215 e. The van der Waals surface area contributed by atoms with Crippen LogP contribution in [-0.4, -0.2) is 30.0 Å². The number of nitrogens with one attached hydrogen (secondary N) is 3. The summed E-state index contributed by atoms with van der Waals surface area (Å²) >= 11 is 10.6. The van der Waals surface area contributed by atoms with Gasteiger partial charge in [0.15, 0.2) is 5.11 Å². The average molecular weight is 357 g/mol.